The third-order valence-electron chi connectivity index (χ3n) is 4.41. The van der Waals surface area contributed by atoms with Crippen LogP contribution in [0.2, 0.25) is 0 Å². The summed E-state index contributed by atoms with van der Waals surface area (Å²) in [5.74, 6) is 0.510. The lowest BCUT2D eigenvalue weighted by Crippen LogP contribution is -2.34. The predicted octanol–water partition coefficient (Wildman–Crippen LogP) is 5.86. The Bertz CT molecular complexity index is 1150. The molecule has 0 saturated carbocycles. The van der Waals surface area contributed by atoms with Gasteiger partial charge >= 0.3 is 0 Å². The molecule has 8 heteroatoms. The van der Waals surface area contributed by atoms with E-state index in [0.29, 0.717) is 45.2 Å². The number of ether oxygens (including phenoxy) is 1. The summed E-state index contributed by atoms with van der Waals surface area (Å²) >= 11 is 8.72. The van der Waals surface area contributed by atoms with Crippen LogP contribution in [0.25, 0.3) is 0 Å². The van der Waals surface area contributed by atoms with Crippen LogP contribution in [0, 0.1) is 5.92 Å². The van der Waals surface area contributed by atoms with Gasteiger partial charge in [-0.25, -0.2) is 0 Å². The molecule has 0 radical (unpaired) electrons. The van der Waals surface area contributed by atoms with Crippen LogP contribution in [0.5, 0.6) is 5.75 Å². The van der Waals surface area contributed by atoms with Gasteiger partial charge < -0.3 is 15.4 Å². The lowest BCUT2D eigenvalue weighted by atomic mass is 10.2. The monoisotopic (exact) mass is 525 g/mol. The molecule has 3 aromatic carbocycles. The zero-order valence-electron chi connectivity index (χ0n) is 18.2. The minimum atomic E-state index is -0.350. The molecule has 3 rings (SSSR count). The lowest BCUT2D eigenvalue weighted by Gasteiger charge is -2.13. The normalized spacial score (nSPS) is 10.4. The third-order valence-corrected chi connectivity index (χ3v) is 5.23. The maximum absolute atomic E-state index is 12.6. The summed E-state index contributed by atoms with van der Waals surface area (Å²) in [7, 11) is 0. The molecule has 0 atom stereocenters. The number of thiocarbonyl (C=S) groups is 1. The van der Waals surface area contributed by atoms with E-state index in [-0.39, 0.29) is 16.9 Å². The summed E-state index contributed by atoms with van der Waals surface area (Å²) in [6.07, 6.45) is 0. The Morgan fingerprint density at radius 1 is 0.879 bits per heavy atom. The fourth-order valence-electron chi connectivity index (χ4n) is 2.82. The molecule has 0 unspecified atom stereocenters. The van der Waals surface area contributed by atoms with E-state index in [4.69, 9.17) is 17.0 Å². The molecule has 3 aromatic rings. The zero-order chi connectivity index (χ0) is 23.8. The molecule has 0 fully saturated rings. The number of benzene rings is 3. The first kappa shape index (κ1) is 24.4. The summed E-state index contributed by atoms with van der Waals surface area (Å²) in [6, 6.07) is 21.1. The summed E-state index contributed by atoms with van der Waals surface area (Å²) in [5, 5.41) is 8.61. The molecule has 0 aromatic heterocycles. The molecular formula is C25H24BrN3O3S. The van der Waals surface area contributed by atoms with Crippen LogP contribution in [0.3, 0.4) is 0 Å². The summed E-state index contributed by atoms with van der Waals surface area (Å²) in [5.41, 5.74) is 2.23. The van der Waals surface area contributed by atoms with Crippen molar-refractivity contribution in [2.45, 2.75) is 13.8 Å². The highest BCUT2D eigenvalue weighted by Gasteiger charge is 2.12. The van der Waals surface area contributed by atoms with Gasteiger partial charge in [-0.3, -0.25) is 14.9 Å². The molecule has 0 saturated heterocycles. The number of carbonyl (C=O) groups excluding carboxylic acids is 2. The van der Waals surface area contributed by atoms with Gasteiger partial charge in [0.05, 0.1) is 11.1 Å². The van der Waals surface area contributed by atoms with Gasteiger partial charge in [0.2, 0.25) is 0 Å². The largest absolute Gasteiger partial charge is 0.492 e. The van der Waals surface area contributed by atoms with Gasteiger partial charge in [-0.05, 0) is 82.6 Å². The quantitative estimate of drug-likeness (QED) is 0.336. The van der Waals surface area contributed by atoms with Gasteiger partial charge in [0.1, 0.15) is 5.75 Å². The molecular weight excluding hydrogens is 502 g/mol. The van der Waals surface area contributed by atoms with Crippen LogP contribution in [-0.2, 0) is 0 Å². The number of rotatable bonds is 7. The van der Waals surface area contributed by atoms with Gasteiger partial charge in [0.25, 0.3) is 11.8 Å². The van der Waals surface area contributed by atoms with Gasteiger partial charge in [-0.1, -0.05) is 38.1 Å². The molecule has 0 bridgehead atoms. The van der Waals surface area contributed by atoms with Crippen molar-refractivity contribution in [2.24, 2.45) is 5.92 Å². The maximum Gasteiger partial charge on any atom is 0.257 e. The van der Waals surface area contributed by atoms with Crippen molar-refractivity contribution in [3.63, 3.8) is 0 Å². The van der Waals surface area contributed by atoms with Crippen molar-refractivity contribution in [1.29, 1.82) is 0 Å². The maximum atomic E-state index is 12.6. The molecule has 0 aliphatic rings. The highest BCUT2D eigenvalue weighted by atomic mass is 79.9. The Morgan fingerprint density at radius 3 is 2.24 bits per heavy atom. The van der Waals surface area contributed by atoms with Gasteiger partial charge in [0.15, 0.2) is 5.11 Å². The number of hydrogen-bond donors (Lipinski definition) is 3. The molecule has 0 aliphatic carbocycles. The number of halogens is 1. The highest BCUT2D eigenvalue weighted by molar-refractivity contribution is 9.10. The molecule has 0 heterocycles. The minimum Gasteiger partial charge on any atom is -0.492 e. The van der Waals surface area contributed by atoms with E-state index in [0.717, 1.165) is 0 Å². The summed E-state index contributed by atoms with van der Waals surface area (Å²) in [6.45, 7) is 4.72. The predicted molar refractivity (Wildman–Crippen MR) is 139 cm³/mol. The molecule has 0 spiro atoms. The number of carbonyl (C=O) groups is 2. The number of hydrogen-bond acceptors (Lipinski definition) is 4. The van der Waals surface area contributed by atoms with Crippen molar-refractivity contribution in [3.8, 4) is 5.75 Å². The Kier molecular flexibility index (Phi) is 8.57. The lowest BCUT2D eigenvalue weighted by molar-refractivity contribution is 0.0976. The van der Waals surface area contributed by atoms with E-state index in [1.165, 1.54) is 0 Å². The van der Waals surface area contributed by atoms with E-state index in [1.54, 1.807) is 66.7 Å². The van der Waals surface area contributed by atoms with E-state index < -0.39 is 0 Å². The topological polar surface area (TPSA) is 79.5 Å². The van der Waals surface area contributed by atoms with Crippen LogP contribution in [0.1, 0.15) is 34.6 Å². The van der Waals surface area contributed by atoms with Crippen LogP contribution in [0.15, 0.2) is 77.3 Å². The standard InChI is InChI=1S/C25H24BrN3O3S/c1-16(2)15-32-22-12-11-18(13-21(22)26)24(31)29-25(33)28-20-10-6-9-19(14-20)27-23(30)17-7-4-3-5-8-17/h3-14,16H,15H2,1-2H3,(H,27,30)(H2,28,29,31,33). The van der Waals surface area contributed by atoms with Crippen LogP contribution < -0.4 is 20.7 Å². The molecule has 33 heavy (non-hydrogen) atoms. The Morgan fingerprint density at radius 2 is 1.58 bits per heavy atom. The first-order chi connectivity index (χ1) is 15.8. The van der Waals surface area contributed by atoms with Gasteiger partial charge in [-0.15, -0.1) is 0 Å². The fourth-order valence-corrected chi connectivity index (χ4v) is 3.52. The fraction of sp³-hybridized carbons (Fsp3) is 0.160. The molecule has 6 nitrogen and oxygen atoms in total. The van der Waals surface area contributed by atoms with E-state index in [1.807, 2.05) is 6.07 Å². The molecule has 170 valence electrons. The number of amides is 2. The average molecular weight is 526 g/mol. The zero-order valence-corrected chi connectivity index (χ0v) is 20.6. The van der Waals surface area contributed by atoms with Crippen molar-refractivity contribution >= 4 is 56.4 Å². The second-order valence-electron chi connectivity index (χ2n) is 7.66. The molecule has 3 N–H and O–H groups in total. The first-order valence-electron chi connectivity index (χ1n) is 10.3. The van der Waals surface area contributed by atoms with Gasteiger partial charge in [-0.2, -0.15) is 0 Å². The minimum absolute atomic E-state index is 0.141. The van der Waals surface area contributed by atoms with Crippen molar-refractivity contribution < 1.29 is 14.3 Å². The van der Waals surface area contributed by atoms with Crippen LogP contribution >= 0.6 is 28.1 Å². The van der Waals surface area contributed by atoms with E-state index in [2.05, 4.69) is 45.7 Å². The van der Waals surface area contributed by atoms with E-state index in [9.17, 15) is 9.59 Å². The third kappa shape index (κ3) is 7.40. The Hall–Kier alpha value is -3.23. The molecule has 0 aliphatic heterocycles. The smallest absolute Gasteiger partial charge is 0.257 e. The first-order valence-corrected chi connectivity index (χ1v) is 11.5. The SMILES string of the molecule is CC(C)COc1ccc(C(=O)NC(=S)Nc2cccc(NC(=O)c3ccccc3)c2)cc1Br. The average Bonchev–Trinajstić information content (AvgIpc) is 2.78. The number of nitrogens with one attached hydrogen (secondary N) is 3. The summed E-state index contributed by atoms with van der Waals surface area (Å²) < 4.78 is 6.40. The van der Waals surface area contributed by atoms with Crippen molar-refractivity contribution in [1.82, 2.24) is 5.32 Å². The van der Waals surface area contributed by atoms with Crippen LogP contribution in [-0.4, -0.2) is 23.5 Å². The second-order valence-corrected chi connectivity index (χ2v) is 8.92. The molecule has 2 amide bonds. The van der Waals surface area contributed by atoms with E-state index >= 15 is 0 Å². The summed E-state index contributed by atoms with van der Waals surface area (Å²) in [4.78, 5) is 24.9. The number of anilines is 2. The second kappa shape index (κ2) is 11.6. The Balaban J connectivity index is 1.58. The van der Waals surface area contributed by atoms with Crippen LogP contribution in [0.4, 0.5) is 11.4 Å². The van der Waals surface area contributed by atoms with Gasteiger partial charge in [0, 0.05) is 22.5 Å². The highest BCUT2D eigenvalue weighted by Crippen LogP contribution is 2.26. The van der Waals surface area contributed by atoms with Crippen molar-refractivity contribution in [3.05, 3.63) is 88.4 Å². The van der Waals surface area contributed by atoms with Crippen molar-refractivity contribution in [2.75, 3.05) is 17.2 Å². The Labute approximate surface area is 206 Å².